The lowest BCUT2D eigenvalue weighted by molar-refractivity contribution is 0.0997. The number of hydrogen-bond donors (Lipinski definition) is 0. The first kappa shape index (κ1) is 14.4. The minimum absolute atomic E-state index is 0.248. The van der Waals surface area contributed by atoms with Crippen LogP contribution in [0.4, 0.5) is 0 Å². The Morgan fingerprint density at radius 1 is 1.18 bits per heavy atom. The third-order valence-electron chi connectivity index (χ3n) is 3.26. The summed E-state index contributed by atoms with van der Waals surface area (Å²) >= 11 is 1.45. The molecule has 1 aromatic carbocycles. The highest BCUT2D eigenvalue weighted by Gasteiger charge is 2.04. The molecule has 0 N–H and O–H groups in total. The summed E-state index contributed by atoms with van der Waals surface area (Å²) in [4.78, 5) is 21.0. The molecular formula is C17H15N3OS. The Labute approximate surface area is 132 Å². The SMILES string of the molecule is Cc1ccc(Cn2ccsc2=NC(=O)c2ccncc2)cc1. The molecule has 3 rings (SSSR count). The molecule has 0 aliphatic carbocycles. The van der Waals surface area contributed by atoms with Crippen LogP contribution in [-0.2, 0) is 6.54 Å². The largest absolute Gasteiger partial charge is 0.319 e. The number of carbonyl (C=O) groups is 1. The number of aryl methyl sites for hydroxylation is 1. The van der Waals surface area contributed by atoms with Crippen LogP contribution >= 0.6 is 11.3 Å². The van der Waals surface area contributed by atoms with Crippen molar-refractivity contribution in [3.05, 3.63) is 81.9 Å². The summed E-state index contributed by atoms with van der Waals surface area (Å²) in [6.45, 7) is 2.77. The number of hydrogen-bond acceptors (Lipinski definition) is 3. The highest BCUT2D eigenvalue weighted by atomic mass is 32.1. The Morgan fingerprint density at radius 2 is 1.91 bits per heavy atom. The molecular weight excluding hydrogens is 294 g/mol. The second-order valence-corrected chi connectivity index (χ2v) is 5.82. The number of benzene rings is 1. The molecule has 0 aliphatic heterocycles. The maximum atomic E-state index is 12.2. The number of carbonyl (C=O) groups excluding carboxylic acids is 1. The summed E-state index contributed by atoms with van der Waals surface area (Å²) in [6, 6.07) is 11.7. The quantitative estimate of drug-likeness (QED) is 0.746. The third-order valence-corrected chi connectivity index (χ3v) is 4.05. The van der Waals surface area contributed by atoms with Gasteiger partial charge in [-0.15, -0.1) is 11.3 Å². The Balaban J connectivity index is 1.87. The van der Waals surface area contributed by atoms with Crippen molar-refractivity contribution in [3.8, 4) is 0 Å². The molecule has 1 amide bonds. The molecule has 0 atom stereocenters. The normalized spacial score (nSPS) is 11.6. The Hall–Kier alpha value is -2.53. The van der Waals surface area contributed by atoms with Gasteiger partial charge in [0.05, 0.1) is 0 Å². The lowest BCUT2D eigenvalue weighted by Crippen LogP contribution is -2.17. The molecule has 0 fully saturated rings. The zero-order valence-electron chi connectivity index (χ0n) is 12.1. The maximum absolute atomic E-state index is 12.2. The predicted molar refractivity (Wildman–Crippen MR) is 86.7 cm³/mol. The second kappa shape index (κ2) is 6.49. The van der Waals surface area contributed by atoms with E-state index in [1.165, 1.54) is 22.5 Å². The number of aromatic nitrogens is 2. The molecule has 2 aromatic heterocycles. The van der Waals surface area contributed by atoms with Crippen molar-refractivity contribution >= 4 is 17.2 Å². The lowest BCUT2D eigenvalue weighted by atomic mass is 10.1. The van der Waals surface area contributed by atoms with Gasteiger partial charge in [0.1, 0.15) is 0 Å². The average Bonchev–Trinajstić information content (AvgIpc) is 2.97. The summed E-state index contributed by atoms with van der Waals surface area (Å²) < 4.78 is 1.98. The van der Waals surface area contributed by atoms with E-state index in [9.17, 15) is 4.79 Å². The van der Waals surface area contributed by atoms with E-state index < -0.39 is 0 Å². The monoisotopic (exact) mass is 309 g/mol. The Morgan fingerprint density at radius 3 is 2.64 bits per heavy atom. The van der Waals surface area contributed by atoms with Crippen molar-refractivity contribution in [2.24, 2.45) is 4.99 Å². The van der Waals surface area contributed by atoms with Crippen molar-refractivity contribution in [1.82, 2.24) is 9.55 Å². The summed E-state index contributed by atoms with van der Waals surface area (Å²) in [6.07, 6.45) is 5.14. The summed E-state index contributed by atoms with van der Waals surface area (Å²) in [5, 5.41) is 1.94. The van der Waals surface area contributed by atoms with Crippen LogP contribution in [0.3, 0.4) is 0 Å². The number of thiazole rings is 1. The van der Waals surface area contributed by atoms with E-state index in [0.29, 0.717) is 16.9 Å². The van der Waals surface area contributed by atoms with E-state index in [-0.39, 0.29) is 5.91 Å². The van der Waals surface area contributed by atoms with E-state index in [1.807, 2.05) is 16.1 Å². The highest BCUT2D eigenvalue weighted by molar-refractivity contribution is 7.07. The second-order valence-electron chi connectivity index (χ2n) is 4.95. The van der Waals surface area contributed by atoms with E-state index in [2.05, 4.69) is 41.2 Å². The van der Waals surface area contributed by atoms with Crippen molar-refractivity contribution in [1.29, 1.82) is 0 Å². The van der Waals surface area contributed by atoms with Gasteiger partial charge < -0.3 is 4.57 Å². The van der Waals surface area contributed by atoms with Gasteiger partial charge in [0.25, 0.3) is 5.91 Å². The van der Waals surface area contributed by atoms with Crippen LogP contribution in [-0.4, -0.2) is 15.5 Å². The molecule has 5 heteroatoms. The summed E-state index contributed by atoms with van der Waals surface area (Å²) in [5.41, 5.74) is 2.96. The van der Waals surface area contributed by atoms with E-state index in [1.54, 1.807) is 24.5 Å². The Bertz CT molecular complexity index is 832. The van der Waals surface area contributed by atoms with E-state index in [0.717, 1.165) is 0 Å². The molecule has 0 aliphatic rings. The number of nitrogens with zero attached hydrogens (tertiary/aromatic N) is 3. The first-order valence-electron chi connectivity index (χ1n) is 6.91. The topological polar surface area (TPSA) is 47.2 Å². The van der Waals surface area contributed by atoms with Crippen LogP contribution in [0.1, 0.15) is 21.5 Å². The van der Waals surface area contributed by atoms with Crippen LogP contribution in [0, 0.1) is 6.92 Å². The molecule has 0 spiro atoms. The fourth-order valence-electron chi connectivity index (χ4n) is 2.04. The minimum Gasteiger partial charge on any atom is -0.319 e. The number of amides is 1. The smallest absolute Gasteiger partial charge is 0.279 e. The van der Waals surface area contributed by atoms with E-state index >= 15 is 0 Å². The molecule has 4 nitrogen and oxygen atoms in total. The van der Waals surface area contributed by atoms with Crippen LogP contribution in [0.2, 0.25) is 0 Å². The predicted octanol–water partition coefficient (Wildman–Crippen LogP) is 3.04. The van der Waals surface area contributed by atoms with Gasteiger partial charge in [-0.25, -0.2) is 0 Å². The Kier molecular flexibility index (Phi) is 4.25. The molecule has 0 bridgehead atoms. The molecule has 0 saturated heterocycles. The lowest BCUT2D eigenvalue weighted by Gasteiger charge is -2.03. The fourth-order valence-corrected chi connectivity index (χ4v) is 2.77. The van der Waals surface area contributed by atoms with E-state index in [4.69, 9.17) is 0 Å². The van der Waals surface area contributed by atoms with Gasteiger partial charge in [-0.3, -0.25) is 9.78 Å². The molecule has 0 unspecified atom stereocenters. The third kappa shape index (κ3) is 3.38. The fraction of sp³-hybridized carbons (Fsp3) is 0.118. The first-order chi connectivity index (χ1) is 10.7. The molecule has 3 aromatic rings. The standard InChI is InChI=1S/C17H15N3OS/c1-13-2-4-14(5-3-13)12-20-10-11-22-17(20)19-16(21)15-6-8-18-9-7-15/h2-11H,12H2,1H3. The van der Waals surface area contributed by atoms with Crippen LogP contribution in [0.25, 0.3) is 0 Å². The van der Waals surface area contributed by atoms with Gasteiger partial charge in [0.2, 0.25) is 0 Å². The molecule has 22 heavy (non-hydrogen) atoms. The molecule has 0 radical (unpaired) electrons. The molecule has 2 heterocycles. The van der Waals surface area contributed by atoms with Crippen molar-refractivity contribution in [2.45, 2.75) is 13.5 Å². The number of pyridine rings is 1. The van der Waals surface area contributed by atoms with Gasteiger partial charge in [-0.05, 0) is 24.6 Å². The maximum Gasteiger partial charge on any atom is 0.279 e. The summed E-state index contributed by atoms with van der Waals surface area (Å²) in [5.74, 6) is -0.248. The zero-order chi connectivity index (χ0) is 15.4. The number of rotatable bonds is 3. The molecule has 110 valence electrons. The van der Waals surface area contributed by atoms with Gasteiger partial charge >= 0.3 is 0 Å². The first-order valence-corrected chi connectivity index (χ1v) is 7.79. The van der Waals surface area contributed by atoms with Gasteiger partial charge in [-0.2, -0.15) is 4.99 Å². The van der Waals surface area contributed by atoms with Crippen molar-refractivity contribution in [3.63, 3.8) is 0 Å². The van der Waals surface area contributed by atoms with Gasteiger partial charge in [0, 0.05) is 36.1 Å². The zero-order valence-corrected chi connectivity index (χ0v) is 13.0. The summed E-state index contributed by atoms with van der Waals surface area (Å²) in [7, 11) is 0. The highest BCUT2D eigenvalue weighted by Crippen LogP contribution is 2.05. The van der Waals surface area contributed by atoms with Crippen LogP contribution < -0.4 is 4.80 Å². The minimum atomic E-state index is -0.248. The average molecular weight is 309 g/mol. The van der Waals surface area contributed by atoms with Crippen LogP contribution in [0.5, 0.6) is 0 Å². The van der Waals surface area contributed by atoms with Crippen molar-refractivity contribution in [2.75, 3.05) is 0 Å². The van der Waals surface area contributed by atoms with Gasteiger partial charge in [0.15, 0.2) is 4.80 Å². The van der Waals surface area contributed by atoms with Crippen LogP contribution in [0.15, 0.2) is 65.4 Å². The molecule has 0 saturated carbocycles. The van der Waals surface area contributed by atoms with Crippen molar-refractivity contribution < 1.29 is 4.79 Å². The van der Waals surface area contributed by atoms with Gasteiger partial charge in [-0.1, -0.05) is 29.8 Å².